The van der Waals surface area contributed by atoms with E-state index in [1.807, 2.05) is 0 Å². The number of esters is 1. The van der Waals surface area contributed by atoms with E-state index in [1.54, 1.807) is 38.1 Å². The first-order valence-electron chi connectivity index (χ1n) is 6.45. The van der Waals surface area contributed by atoms with Gasteiger partial charge in [0.25, 0.3) is 0 Å². The average Bonchev–Trinajstić information content (AvgIpc) is 2.60. The molecule has 2 heterocycles. The first kappa shape index (κ1) is 12.7. The van der Waals surface area contributed by atoms with Crippen LogP contribution in [0.2, 0.25) is 0 Å². The third-order valence-corrected chi connectivity index (χ3v) is 3.74. The van der Waals surface area contributed by atoms with Gasteiger partial charge in [-0.25, -0.2) is 4.79 Å². The number of hydrogen-bond donors (Lipinski definition) is 2. The molecular formula is C15H15NO4. The highest BCUT2D eigenvalue weighted by Gasteiger charge is 2.47. The molecule has 20 heavy (non-hydrogen) atoms. The van der Waals surface area contributed by atoms with Crippen molar-refractivity contribution in [3.05, 3.63) is 41.1 Å². The Morgan fingerprint density at radius 2 is 1.90 bits per heavy atom. The second kappa shape index (κ2) is 4.10. The lowest BCUT2D eigenvalue weighted by Gasteiger charge is -2.27. The summed E-state index contributed by atoms with van der Waals surface area (Å²) in [6, 6.07) is 6.55. The molecule has 1 aromatic carbocycles. The first-order chi connectivity index (χ1) is 9.38. The molecule has 1 aromatic rings. The Morgan fingerprint density at radius 3 is 2.55 bits per heavy atom. The van der Waals surface area contributed by atoms with E-state index in [2.05, 4.69) is 5.32 Å². The summed E-state index contributed by atoms with van der Waals surface area (Å²) in [5.41, 5.74) is 1.08. The van der Waals surface area contributed by atoms with Gasteiger partial charge in [-0.2, -0.15) is 0 Å². The van der Waals surface area contributed by atoms with Crippen molar-refractivity contribution >= 4 is 11.9 Å². The van der Waals surface area contributed by atoms with E-state index < -0.39 is 5.60 Å². The number of phenolic OH excluding ortho intramolecular Hbond substituents is 1. The van der Waals surface area contributed by atoms with E-state index in [-0.39, 0.29) is 30.0 Å². The normalized spacial score (nSPS) is 24.2. The zero-order valence-electron chi connectivity index (χ0n) is 11.3. The minimum atomic E-state index is -0.808. The van der Waals surface area contributed by atoms with Crippen molar-refractivity contribution < 1.29 is 19.4 Å². The van der Waals surface area contributed by atoms with Crippen molar-refractivity contribution in [2.75, 3.05) is 0 Å². The highest BCUT2D eigenvalue weighted by Crippen LogP contribution is 2.42. The predicted octanol–water partition coefficient (Wildman–Crippen LogP) is 1.59. The lowest BCUT2D eigenvalue weighted by atomic mass is 9.83. The van der Waals surface area contributed by atoms with Gasteiger partial charge >= 0.3 is 5.97 Å². The van der Waals surface area contributed by atoms with Gasteiger partial charge in [-0.05, 0) is 31.5 Å². The summed E-state index contributed by atoms with van der Waals surface area (Å²) < 4.78 is 5.34. The van der Waals surface area contributed by atoms with Gasteiger partial charge in [-0.1, -0.05) is 12.1 Å². The summed E-state index contributed by atoms with van der Waals surface area (Å²) in [4.78, 5) is 24.0. The third kappa shape index (κ3) is 1.86. The number of benzene rings is 1. The molecule has 3 rings (SSSR count). The number of cyclic esters (lactones) is 1. The van der Waals surface area contributed by atoms with Gasteiger partial charge in [0.05, 0.1) is 11.3 Å². The van der Waals surface area contributed by atoms with Crippen molar-refractivity contribution in [1.82, 2.24) is 5.32 Å². The number of carbonyl (C=O) groups excluding carboxylic acids is 2. The van der Waals surface area contributed by atoms with Crippen LogP contribution in [0.15, 0.2) is 35.5 Å². The van der Waals surface area contributed by atoms with E-state index in [0.29, 0.717) is 11.3 Å². The van der Waals surface area contributed by atoms with Gasteiger partial charge in [0.15, 0.2) is 0 Å². The number of nitrogens with one attached hydrogen (secondary N) is 1. The number of carbonyl (C=O) groups is 2. The van der Waals surface area contributed by atoms with Crippen molar-refractivity contribution in [2.24, 2.45) is 0 Å². The summed E-state index contributed by atoms with van der Waals surface area (Å²) in [7, 11) is 0. The molecule has 0 aliphatic carbocycles. The average molecular weight is 273 g/mol. The van der Waals surface area contributed by atoms with Crippen LogP contribution in [0.1, 0.15) is 31.7 Å². The van der Waals surface area contributed by atoms with Crippen LogP contribution in [0.3, 0.4) is 0 Å². The highest BCUT2D eigenvalue weighted by molar-refractivity contribution is 5.99. The quantitative estimate of drug-likeness (QED) is 0.762. The second-order valence-electron chi connectivity index (χ2n) is 5.58. The molecule has 5 nitrogen and oxygen atoms in total. The van der Waals surface area contributed by atoms with Crippen LogP contribution < -0.4 is 5.32 Å². The number of hydrogen-bond acceptors (Lipinski definition) is 4. The van der Waals surface area contributed by atoms with E-state index >= 15 is 0 Å². The van der Waals surface area contributed by atoms with Gasteiger partial charge in [-0.3, -0.25) is 4.79 Å². The SMILES string of the molecule is CC1(C)OC(=O)C2=C1NC(=O)C[C@@H]2c1ccc(O)cc1. The molecule has 5 heteroatoms. The van der Waals surface area contributed by atoms with Crippen LogP contribution >= 0.6 is 0 Å². The smallest absolute Gasteiger partial charge is 0.337 e. The van der Waals surface area contributed by atoms with Crippen LogP contribution in [-0.2, 0) is 14.3 Å². The number of ether oxygens (including phenoxy) is 1. The number of phenols is 1. The Balaban J connectivity index is 2.11. The summed E-state index contributed by atoms with van der Waals surface area (Å²) >= 11 is 0. The fraction of sp³-hybridized carbons (Fsp3) is 0.333. The van der Waals surface area contributed by atoms with E-state index in [4.69, 9.17) is 4.74 Å². The largest absolute Gasteiger partial charge is 0.508 e. The van der Waals surface area contributed by atoms with Crippen molar-refractivity contribution in [1.29, 1.82) is 0 Å². The second-order valence-corrected chi connectivity index (χ2v) is 5.58. The lowest BCUT2D eigenvalue weighted by Crippen LogP contribution is -2.38. The maximum atomic E-state index is 12.1. The number of aromatic hydroxyl groups is 1. The van der Waals surface area contributed by atoms with Crippen LogP contribution in [0.5, 0.6) is 5.75 Å². The summed E-state index contributed by atoms with van der Waals surface area (Å²) in [6.07, 6.45) is 0.203. The summed E-state index contributed by atoms with van der Waals surface area (Å²) in [6.45, 7) is 3.51. The van der Waals surface area contributed by atoms with Gasteiger partial charge in [-0.15, -0.1) is 0 Å². The van der Waals surface area contributed by atoms with Gasteiger partial charge in [0, 0.05) is 12.3 Å². The number of rotatable bonds is 1. The molecule has 1 atom stereocenters. The van der Waals surface area contributed by atoms with Gasteiger partial charge in [0.2, 0.25) is 5.91 Å². The van der Waals surface area contributed by atoms with Crippen molar-refractivity contribution in [3.8, 4) is 5.75 Å². The molecule has 0 saturated heterocycles. The molecule has 0 saturated carbocycles. The maximum Gasteiger partial charge on any atom is 0.337 e. The predicted molar refractivity (Wildman–Crippen MR) is 70.8 cm³/mol. The molecule has 1 amide bonds. The molecule has 0 bridgehead atoms. The Hall–Kier alpha value is -2.30. The van der Waals surface area contributed by atoms with Crippen LogP contribution in [0, 0.1) is 0 Å². The fourth-order valence-corrected chi connectivity index (χ4v) is 2.77. The zero-order valence-corrected chi connectivity index (χ0v) is 11.3. The Kier molecular flexibility index (Phi) is 2.61. The summed E-state index contributed by atoms with van der Waals surface area (Å²) in [5, 5.41) is 12.1. The van der Waals surface area contributed by atoms with Crippen LogP contribution in [-0.4, -0.2) is 22.6 Å². The minimum Gasteiger partial charge on any atom is -0.508 e. The Labute approximate surface area is 116 Å². The van der Waals surface area contributed by atoms with Crippen molar-refractivity contribution in [2.45, 2.75) is 31.8 Å². The Bertz CT molecular complexity index is 628. The molecule has 0 spiro atoms. The Morgan fingerprint density at radius 1 is 1.25 bits per heavy atom. The third-order valence-electron chi connectivity index (χ3n) is 3.74. The standard InChI is InChI=1S/C15H15NO4/c1-15(2)13-12(14(19)20-15)10(7-11(18)16-13)8-3-5-9(17)6-4-8/h3-6,10,17H,7H2,1-2H3,(H,16,18)/t10-/m1/s1. The highest BCUT2D eigenvalue weighted by atomic mass is 16.6. The number of amides is 1. The summed E-state index contributed by atoms with van der Waals surface area (Å²) in [5.74, 6) is -0.692. The van der Waals surface area contributed by atoms with Gasteiger partial charge in [0.1, 0.15) is 11.4 Å². The fourth-order valence-electron chi connectivity index (χ4n) is 2.77. The maximum absolute atomic E-state index is 12.1. The molecule has 2 aliphatic rings. The topological polar surface area (TPSA) is 75.6 Å². The molecule has 0 fully saturated rings. The zero-order chi connectivity index (χ0) is 14.5. The van der Waals surface area contributed by atoms with E-state index in [0.717, 1.165) is 5.56 Å². The molecule has 0 radical (unpaired) electrons. The molecule has 2 N–H and O–H groups in total. The minimum absolute atomic E-state index is 0.131. The van der Waals surface area contributed by atoms with E-state index in [9.17, 15) is 14.7 Å². The van der Waals surface area contributed by atoms with Gasteiger partial charge < -0.3 is 15.2 Å². The monoisotopic (exact) mass is 273 g/mol. The molecule has 0 aromatic heterocycles. The van der Waals surface area contributed by atoms with E-state index in [1.165, 1.54) is 0 Å². The van der Waals surface area contributed by atoms with Crippen LogP contribution in [0.4, 0.5) is 0 Å². The van der Waals surface area contributed by atoms with Crippen LogP contribution in [0.25, 0.3) is 0 Å². The molecular weight excluding hydrogens is 258 g/mol. The molecule has 2 aliphatic heterocycles. The lowest BCUT2D eigenvalue weighted by molar-refractivity contribution is -0.144. The van der Waals surface area contributed by atoms with Crippen molar-refractivity contribution in [3.63, 3.8) is 0 Å². The molecule has 0 unspecified atom stereocenters. The molecule has 104 valence electrons. The first-order valence-corrected chi connectivity index (χ1v) is 6.45.